The van der Waals surface area contributed by atoms with Gasteiger partial charge in [0.25, 0.3) is 0 Å². The molecule has 0 spiro atoms. The Hall–Kier alpha value is -0.740. The molecule has 0 fully saturated rings. The summed E-state index contributed by atoms with van der Waals surface area (Å²) in [5.74, 6) is 1.63. The normalized spacial score (nSPS) is 12.5. The summed E-state index contributed by atoms with van der Waals surface area (Å²) in [6.45, 7) is 12.0. The Kier molecular flexibility index (Phi) is 8.12. The second-order valence-corrected chi connectivity index (χ2v) is 6.44. The minimum absolute atomic E-state index is 0.185. The molecule has 0 radical (unpaired) electrons. The van der Waals surface area contributed by atoms with Crippen LogP contribution in [0.25, 0.3) is 0 Å². The van der Waals surface area contributed by atoms with E-state index in [2.05, 4.69) is 61.1 Å². The van der Waals surface area contributed by atoms with Gasteiger partial charge in [0.15, 0.2) is 11.5 Å². The standard InChI is InChI=1S/C17H28BrNO2/c1-6-8-13(5)21-17-15(18)9-14(11-19-12(3)4)10-16(17)20-7-2/h9-10,12-13,19H,6-8,11H2,1-5H3. The summed E-state index contributed by atoms with van der Waals surface area (Å²) in [6.07, 6.45) is 2.33. The first-order valence-electron chi connectivity index (χ1n) is 7.83. The third-order valence-electron chi connectivity index (χ3n) is 3.10. The van der Waals surface area contributed by atoms with Gasteiger partial charge >= 0.3 is 0 Å². The Morgan fingerprint density at radius 1 is 1.19 bits per heavy atom. The van der Waals surface area contributed by atoms with Gasteiger partial charge in [0.05, 0.1) is 17.2 Å². The summed E-state index contributed by atoms with van der Waals surface area (Å²) in [7, 11) is 0. The van der Waals surface area contributed by atoms with E-state index in [0.29, 0.717) is 12.6 Å². The number of benzene rings is 1. The lowest BCUT2D eigenvalue weighted by molar-refractivity contribution is 0.195. The molecule has 120 valence electrons. The van der Waals surface area contributed by atoms with E-state index >= 15 is 0 Å². The molecule has 0 saturated heterocycles. The predicted molar refractivity (Wildman–Crippen MR) is 92.3 cm³/mol. The summed E-state index contributed by atoms with van der Waals surface area (Å²) in [6, 6.07) is 4.63. The first-order valence-corrected chi connectivity index (χ1v) is 8.62. The van der Waals surface area contributed by atoms with E-state index in [9.17, 15) is 0 Å². The van der Waals surface area contributed by atoms with Crippen LogP contribution in [0.4, 0.5) is 0 Å². The molecule has 0 saturated carbocycles. The Bertz CT molecular complexity index is 435. The fourth-order valence-corrected chi connectivity index (χ4v) is 2.67. The van der Waals surface area contributed by atoms with Crippen LogP contribution in [-0.4, -0.2) is 18.8 Å². The second kappa shape index (κ2) is 9.31. The van der Waals surface area contributed by atoms with Crippen molar-refractivity contribution in [1.29, 1.82) is 0 Å². The first kappa shape index (κ1) is 18.3. The zero-order valence-corrected chi connectivity index (χ0v) is 15.4. The molecule has 1 rings (SSSR count). The molecular formula is C17H28BrNO2. The van der Waals surface area contributed by atoms with Crippen LogP contribution in [0.2, 0.25) is 0 Å². The molecule has 0 amide bonds. The smallest absolute Gasteiger partial charge is 0.175 e. The number of nitrogens with one attached hydrogen (secondary N) is 1. The molecule has 0 heterocycles. The quantitative estimate of drug-likeness (QED) is 0.680. The van der Waals surface area contributed by atoms with Crippen LogP contribution >= 0.6 is 15.9 Å². The number of rotatable bonds is 9. The van der Waals surface area contributed by atoms with Crippen LogP contribution in [0.15, 0.2) is 16.6 Å². The van der Waals surface area contributed by atoms with E-state index in [1.165, 1.54) is 5.56 Å². The topological polar surface area (TPSA) is 30.5 Å². The van der Waals surface area contributed by atoms with Crippen LogP contribution in [0, 0.1) is 0 Å². The first-order chi connectivity index (χ1) is 9.97. The van der Waals surface area contributed by atoms with Crippen LogP contribution in [0.3, 0.4) is 0 Å². The van der Waals surface area contributed by atoms with Gasteiger partial charge in [-0.25, -0.2) is 0 Å². The fraction of sp³-hybridized carbons (Fsp3) is 0.647. The average Bonchev–Trinajstić information content (AvgIpc) is 2.41. The molecule has 0 aromatic heterocycles. The van der Waals surface area contributed by atoms with Crippen LogP contribution in [0.5, 0.6) is 11.5 Å². The van der Waals surface area contributed by atoms with Gasteiger partial charge in [-0.3, -0.25) is 0 Å². The lowest BCUT2D eigenvalue weighted by atomic mass is 10.1. The largest absolute Gasteiger partial charge is 0.490 e. The van der Waals surface area contributed by atoms with E-state index in [1.54, 1.807) is 0 Å². The van der Waals surface area contributed by atoms with E-state index in [0.717, 1.165) is 35.4 Å². The van der Waals surface area contributed by atoms with Crippen molar-refractivity contribution >= 4 is 15.9 Å². The number of halogens is 1. The van der Waals surface area contributed by atoms with Crippen LogP contribution < -0.4 is 14.8 Å². The molecule has 0 aliphatic carbocycles. The molecule has 1 aromatic rings. The van der Waals surface area contributed by atoms with Crippen LogP contribution in [-0.2, 0) is 6.54 Å². The van der Waals surface area contributed by atoms with E-state index < -0.39 is 0 Å². The molecule has 0 aliphatic heterocycles. The predicted octanol–water partition coefficient (Wildman–Crippen LogP) is 4.91. The molecule has 1 aromatic carbocycles. The molecule has 21 heavy (non-hydrogen) atoms. The van der Waals surface area contributed by atoms with Crippen molar-refractivity contribution in [1.82, 2.24) is 5.32 Å². The Morgan fingerprint density at radius 3 is 2.48 bits per heavy atom. The van der Waals surface area contributed by atoms with Crippen molar-refractivity contribution < 1.29 is 9.47 Å². The highest BCUT2D eigenvalue weighted by Crippen LogP contribution is 2.38. The van der Waals surface area contributed by atoms with Crippen LogP contribution in [0.1, 0.15) is 53.0 Å². The second-order valence-electron chi connectivity index (χ2n) is 5.59. The maximum absolute atomic E-state index is 6.06. The highest BCUT2D eigenvalue weighted by atomic mass is 79.9. The summed E-state index contributed by atoms with van der Waals surface area (Å²) < 4.78 is 12.8. The number of ether oxygens (including phenoxy) is 2. The molecule has 0 bridgehead atoms. The van der Waals surface area contributed by atoms with Gasteiger partial charge in [-0.1, -0.05) is 27.2 Å². The van der Waals surface area contributed by atoms with Crippen molar-refractivity contribution in [3.63, 3.8) is 0 Å². The monoisotopic (exact) mass is 357 g/mol. The van der Waals surface area contributed by atoms with Crippen molar-refractivity contribution in [2.24, 2.45) is 0 Å². The Labute approximate surface area is 137 Å². The van der Waals surface area contributed by atoms with Crippen molar-refractivity contribution in [2.75, 3.05) is 6.61 Å². The van der Waals surface area contributed by atoms with Gasteiger partial charge in [0.2, 0.25) is 0 Å². The lowest BCUT2D eigenvalue weighted by Gasteiger charge is -2.20. The minimum atomic E-state index is 0.185. The molecular weight excluding hydrogens is 330 g/mol. The summed E-state index contributed by atoms with van der Waals surface area (Å²) in [5, 5.41) is 3.42. The lowest BCUT2D eigenvalue weighted by Crippen LogP contribution is -2.22. The molecule has 1 unspecified atom stereocenters. The molecule has 1 N–H and O–H groups in total. The zero-order chi connectivity index (χ0) is 15.8. The van der Waals surface area contributed by atoms with E-state index in [1.807, 2.05) is 6.92 Å². The fourth-order valence-electron chi connectivity index (χ4n) is 2.09. The third kappa shape index (κ3) is 6.27. The molecule has 0 aliphatic rings. The highest BCUT2D eigenvalue weighted by Gasteiger charge is 2.15. The van der Waals surface area contributed by atoms with Gasteiger partial charge in [-0.2, -0.15) is 0 Å². The van der Waals surface area contributed by atoms with Gasteiger partial charge < -0.3 is 14.8 Å². The Morgan fingerprint density at radius 2 is 1.90 bits per heavy atom. The summed E-state index contributed by atoms with van der Waals surface area (Å²) in [5.41, 5.74) is 1.19. The van der Waals surface area contributed by atoms with Gasteiger partial charge in [0, 0.05) is 12.6 Å². The Balaban J connectivity index is 2.95. The molecule has 4 heteroatoms. The van der Waals surface area contributed by atoms with Gasteiger partial charge in [-0.15, -0.1) is 0 Å². The maximum Gasteiger partial charge on any atom is 0.175 e. The SMILES string of the molecule is CCCC(C)Oc1c(Br)cc(CNC(C)C)cc1OCC. The van der Waals surface area contributed by atoms with Crippen molar-refractivity contribution in [3.05, 3.63) is 22.2 Å². The zero-order valence-electron chi connectivity index (χ0n) is 13.8. The third-order valence-corrected chi connectivity index (χ3v) is 3.69. The molecule has 3 nitrogen and oxygen atoms in total. The maximum atomic E-state index is 6.06. The highest BCUT2D eigenvalue weighted by molar-refractivity contribution is 9.10. The minimum Gasteiger partial charge on any atom is -0.490 e. The van der Waals surface area contributed by atoms with E-state index in [-0.39, 0.29) is 6.10 Å². The van der Waals surface area contributed by atoms with Gasteiger partial charge in [-0.05, 0) is 53.9 Å². The summed E-state index contributed by atoms with van der Waals surface area (Å²) >= 11 is 3.62. The number of hydrogen-bond donors (Lipinski definition) is 1. The van der Waals surface area contributed by atoms with Gasteiger partial charge in [0.1, 0.15) is 0 Å². The van der Waals surface area contributed by atoms with E-state index in [4.69, 9.17) is 9.47 Å². The number of hydrogen-bond acceptors (Lipinski definition) is 3. The van der Waals surface area contributed by atoms with Crippen molar-refractivity contribution in [2.45, 2.75) is 66.2 Å². The average molecular weight is 358 g/mol. The van der Waals surface area contributed by atoms with Crippen molar-refractivity contribution in [3.8, 4) is 11.5 Å². The molecule has 1 atom stereocenters. The summed E-state index contributed by atoms with van der Waals surface area (Å²) in [4.78, 5) is 0.